The molecule has 0 saturated heterocycles. The predicted octanol–water partition coefficient (Wildman–Crippen LogP) is 2.67. The highest BCUT2D eigenvalue weighted by molar-refractivity contribution is 5.58. The molecule has 0 bridgehead atoms. The number of nitrogens with two attached hydrogens (primary N) is 1. The van der Waals surface area contributed by atoms with Crippen molar-refractivity contribution in [1.82, 2.24) is 9.55 Å². The summed E-state index contributed by atoms with van der Waals surface area (Å²) in [6.07, 6.45) is 7.94. The van der Waals surface area contributed by atoms with E-state index in [2.05, 4.69) is 20.9 Å². The van der Waals surface area contributed by atoms with E-state index in [1.54, 1.807) is 0 Å². The van der Waals surface area contributed by atoms with Crippen LogP contribution in [-0.2, 0) is 6.54 Å². The number of hydrogen-bond donors (Lipinski definition) is 2. The summed E-state index contributed by atoms with van der Waals surface area (Å²) >= 11 is 0. The van der Waals surface area contributed by atoms with Crippen molar-refractivity contribution in [2.24, 2.45) is 0 Å². The van der Waals surface area contributed by atoms with Gasteiger partial charge in [-0.3, -0.25) is 0 Å². The fraction of sp³-hybridized carbons (Fsp3) is 0.357. The van der Waals surface area contributed by atoms with Crippen molar-refractivity contribution >= 4 is 11.4 Å². The van der Waals surface area contributed by atoms with E-state index in [-0.39, 0.29) is 0 Å². The number of hydrogen-bond acceptors (Lipinski definition) is 3. The lowest BCUT2D eigenvalue weighted by Gasteiger charge is -2.08. The summed E-state index contributed by atoms with van der Waals surface area (Å²) < 4.78 is 2.10. The van der Waals surface area contributed by atoms with Gasteiger partial charge in [0.1, 0.15) is 0 Å². The molecule has 0 saturated carbocycles. The van der Waals surface area contributed by atoms with Crippen molar-refractivity contribution in [3.8, 4) is 0 Å². The summed E-state index contributed by atoms with van der Waals surface area (Å²) in [5.74, 6) is 0. The van der Waals surface area contributed by atoms with Crippen LogP contribution in [0.2, 0.25) is 0 Å². The minimum Gasteiger partial charge on any atom is -0.398 e. The monoisotopic (exact) mass is 244 g/mol. The van der Waals surface area contributed by atoms with Gasteiger partial charge in [0.15, 0.2) is 0 Å². The summed E-state index contributed by atoms with van der Waals surface area (Å²) in [5, 5.41) is 3.39. The second-order valence-corrected chi connectivity index (χ2v) is 4.51. The molecule has 0 radical (unpaired) electrons. The third-order valence-corrected chi connectivity index (χ3v) is 3.01. The first-order chi connectivity index (χ1) is 8.75. The molecule has 2 aromatic rings. The van der Waals surface area contributed by atoms with Crippen molar-refractivity contribution in [2.75, 3.05) is 17.6 Å². The zero-order valence-corrected chi connectivity index (χ0v) is 10.8. The average molecular weight is 244 g/mol. The number of nitrogens with one attached hydrogen (secondary N) is 1. The second-order valence-electron chi connectivity index (χ2n) is 4.51. The minimum absolute atomic E-state index is 0.846. The van der Waals surface area contributed by atoms with Crippen molar-refractivity contribution in [2.45, 2.75) is 26.3 Å². The molecule has 4 heteroatoms. The molecule has 18 heavy (non-hydrogen) atoms. The Morgan fingerprint density at radius 2 is 2.22 bits per heavy atom. The molecule has 1 heterocycles. The van der Waals surface area contributed by atoms with E-state index in [0.29, 0.717) is 0 Å². The predicted molar refractivity (Wildman–Crippen MR) is 75.5 cm³/mol. The molecular formula is C14H20N4. The molecule has 1 aromatic carbocycles. The molecule has 0 aliphatic carbocycles. The largest absolute Gasteiger partial charge is 0.398 e. The number of anilines is 2. The van der Waals surface area contributed by atoms with Crippen LogP contribution in [0.3, 0.4) is 0 Å². The van der Waals surface area contributed by atoms with E-state index in [0.717, 1.165) is 42.9 Å². The van der Waals surface area contributed by atoms with Crippen LogP contribution in [-0.4, -0.2) is 16.1 Å². The van der Waals surface area contributed by atoms with Crippen molar-refractivity contribution in [3.63, 3.8) is 0 Å². The van der Waals surface area contributed by atoms with Crippen LogP contribution >= 0.6 is 0 Å². The number of benzene rings is 1. The summed E-state index contributed by atoms with van der Waals surface area (Å²) in [6, 6.07) is 6.11. The maximum Gasteiger partial charge on any atom is 0.0945 e. The zero-order chi connectivity index (χ0) is 12.8. The van der Waals surface area contributed by atoms with Gasteiger partial charge in [0.05, 0.1) is 6.33 Å². The number of aromatic nitrogens is 2. The van der Waals surface area contributed by atoms with Gasteiger partial charge in [0.2, 0.25) is 0 Å². The highest BCUT2D eigenvalue weighted by Crippen LogP contribution is 2.16. The number of imidazole rings is 1. The highest BCUT2D eigenvalue weighted by Gasteiger charge is 1.96. The van der Waals surface area contributed by atoms with E-state index in [1.165, 1.54) is 0 Å². The summed E-state index contributed by atoms with van der Waals surface area (Å²) in [7, 11) is 0. The maximum atomic E-state index is 5.86. The van der Waals surface area contributed by atoms with Crippen LogP contribution < -0.4 is 11.1 Å². The number of nitrogens with zero attached hydrogens (tertiary/aromatic N) is 2. The Bertz CT molecular complexity index is 477. The standard InChI is InChI=1S/C14H20N4/c1-12-4-5-13(10-14(12)15)17-6-2-3-8-18-9-7-16-11-18/h4-5,7,9-11,17H,2-3,6,8,15H2,1H3. The summed E-state index contributed by atoms with van der Waals surface area (Å²) in [4.78, 5) is 4.02. The third kappa shape index (κ3) is 3.52. The first-order valence-electron chi connectivity index (χ1n) is 6.31. The molecule has 0 amide bonds. The van der Waals surface area contributed by atoms with Gasteiger partial charge in [-0.1, -0.05) is 6.07 Å². The first kappa shape index (κ1) is 12.5. The fourth-order valence-corrected chi connectivity index (χ4v) is 1.82. The Morgan fingerprint density at radius 3 is 2.94 bits per heavy atom. The number of aryl methyl sites for hydroxylation is 2. The Labute approximate surface area is 108 Å². The molecule has 2 rings (SSSR count). The van der Waals surface area contributed by atoms with Crippen LogP contribution in [0, 0.1) is 6.92 Å². The summed E-state index contributed by atoms with van der Waals surface area (Å²) in [5.41, 5.74) is 8.93. The van der Waals surface area contributed by atoms with Gasteiger partial charge in [-0.25, -0.2) is 4.98 Å². The van der Waals surface area contributed by atoms with E-state index in [4.69, 9.17) is 5.73 Å². The highest BCUT2D eigenvalue weighted by atomic mass is 15.0. The van der Waals surface area contributed by atoms with Crippen LogP contribution in [0.1, 0.15) is 18.4 Å². The molecule has 0 aliphatic heterocycles. The lowest BCUT2D eigenvalue weighted by Crippen LogP contribution is -2.04. The Hall–Kier alpha value is -1.97. The molecule has 1 aromatic heterocycles. The number of unbranched alkanes of at least 4 members (excludes halogenated alkanes) is 1. The van der Waals surface area contributed by atoms with E-state index in [1.807, 2.05) is 37.8 Å². The van der Waals surface area contributed by atoms with Gasteiger partial charge in [-0.2, -0.15) is 0 Å². The topological polar surface area (TPSA) is 55.9 Å². The molecule has 0 unspecified atom stereocenters. The SMILES string of the molecule is Cc1ccc(NCCCCn2ccnc2)cc1N. The van der Waals surface area contributed by atoms with Crippen LogP contribution in [0.15, 0.2) is 36.9 Å². The summed E-state index contributed by atoms with van der Waals surface area (Å²) in [6.45, 7) is 4.01. The Balaban J connectivity index is 1.67. The van der Waals surface area contributed by atoms with Gasteiger partial charge < -0.3 is 15.6 Å². The Morgan fingerprint density at radius 1 is 1.33 bits per heavy atom. The lowest BCUT2D eigenvalue weighted by molar-refractivity contribution is 0.621. The maximum absolute atomic E-state index is 5.86. The molecule has 0 spiro atoms. The zero-order valence-electron chi connectivity index (χ0n) is 10.8. The number of nitrogen functional groups attached to an aromatic ring is 1. The van der Waals surface area contributed by atoms with Gasteiger partial charge in [0.25, 0.3) is 0 Å². The third-order valence-electron chi connectivity index (χ3n) is 3.01. The van der Waals surface area contributed by atoms with Gasteiger partial charge in [-0.15, -0.1) is 0 Å². The average Bonchev–Trinajstić information content (AvgIpc) is 2.86. The molecule has 0 fully saturated rings. The van der Waals surface area contributed by atoms with Crippen LogP contribution in [0.25, 0.3) is 0 Å². The molecule has 3 N–H and O–H groups in total. The molecular weight excluding hydrogens is 224 g/mol. The molecule has 4 nitrogen and oxygen atoms in total. The smallest absolute Gasteiger partial charge is 0.0945 e. The van der Waals surface area contributed by atoms with Crippen molar-refractivity contribution in [3.05, 3.63) is 42.5 Å². The van der Waals surface area contributed by atoms with Crippen molar-refractivity contribution < 1.29 is 0 Å². The fourth-order valence-electron chi connectivity index (χ4n) is 1.82. The molecule has 96 valence electrons. The Kier molecular flexibility index (Phi) is 4.23. The number of rotatable bonds is 6. The van der Waals surface area contributed by atoms with E-state index < -0.39 is 0 Å². The first-order valence-corrected chi connectivity index (χ1v) is 6.31. The van der Waals surface area contributed by atoms with Crippen LogP contribution in [0.5, 0.6) is 0 Å². The van der Waals surface area contributed by atoms with Crippen LogP contribution in [0.4, 0.5) is 11.4 Å². The van der Waals surface area contributed by atoms with Gasteiger partial charge in [-0.05, 0) is 37.5 Å². The van der Waals surface area contributed by atoms with Gasteiger partial charge in [0, 0.05) is 36.9 Å². The molecule has 0 aliphatic rings. The normalized spacial score (nSPS) is 10.5. The minimum atomic E-state index is 0.846. The second kappa shape index (κ2) is 6.10. The van der Waals surface area contributed by atoms with Gasteiger partial charge >= 0.3 is 0 Å². The van der Waals surface area contributed by atoms with Crippen molar-refractivity contribution in [1.29, 1.82) is 0 Å². The van der Waals surface area contributed by atoms with E-state index in [9.17, 15) is 0 Å². The molecule has 0 atom stereocenters. The quantitative estimate of drug-likeness (QED) is 0.606. The van der Waals surface area contributed by atoms with E-state index >= 15 is 0 Å². The lowest BCUT2D eigenvalue weighted by atomic mass is 10.2.